The van der Waals surface area contributed by atoms with Crippen LogP contribution in [-0.4, -0.2) is 16.8 Å². The highest BCUT2D eigenvalue weighted by Crippen LogP contribution is 2.22. The molecular formula is C18H19NO3. The Morgan fingerprint density at radius 2 is 1.82 bits per heavy atom. The van der Waals surface area contributed by atoms with Crippen LogP contribution < -0.4 is 4.74 Å². The monoisotopic (exact) mass is 297 g/mol. The number of carboxylic acids is 1. The maximum Gasteiger partial charge on any atom is 0.306 e. The lowest BCUT2D eigenvalue weighted by atomic mass is 9.99. The Kier molecular flexibility index (Phi) is 5.31. The van der Waals surface area contributed by atoms with E-state index in [1.54, 1.807) is 6.92 Å². The average molecular weight is 297 g/mol. The van der Waals surface area contributed by atoms with Crippen LogP contribution >= 0.6 is 0 Å². The number of aliphatic carboxylic acids is 1. The van der Waals surface area contributed by atoms with E-state index < -0.39 is 11.9 Å². The number of benzene rings is 2. The molecule has 4 nitrogen and oxygen atoms in total. The number of hydrogen-bond acceptors (Lipinski definition) is 3. The molecule has 1 unspecified atom stereocenters. The van der Waals surface area contributed by atoms with E-state index in [9.17, 15) is 4.79 Å². The standard InChI is InChI=1S/C18H19NO3/c1-13(18(20)21)10-15(19)11-14-6-5-9-17(12-14)22-16-7-3-2-4-8-16/h2-9,12-13,19H,10-11H2,1H3,(H,20,21). The van der Waals surface area contributed by atoms with Gasteiger partial charge in [0.2, 0.25) is 0 Å². The van der Waals surface area contributed by atoms with Crippen molar-refractivity contribution < 1.29 is 14.6 Å². The van der Waals surface area contributed by atoms with Crippen LogP contribution in [0.25, 0.3) is 0 Å². The highest BCUT2D eigenvalue weighted by atomic mass is 16.5. The van der Waals surface area contributed by atoms with Crippen LogP contribution in [0.1, 0.15) is 18.9 Å². The fourth-order valence-corrected chi connectivity index (χ4v) is 2.12. The Morgan fingerprint density at radius 1 is 1.14 bits per heavy atom. The summed E-state index contributed by atoms with van der Waals surface area (Å²) in [6.45, 7) is 1.62. The molecule has 2 rings (SSSR count). The third-order valence-corrected chi connectivity index (χ3v) is 3.27. The highest BCUT2D eigenvalue weighted by molar-refractivity contribution is 5.87. The van der Waals surface area contributed by atoms with Crippen molar-refractivity contribution in [3.63, 3.8) is 0 Å². The fourth-order valence-electron chi connectivity index (χ4n) is 2.12. The van der Waals surface area contributed by atoms with Crippen molar-refractivity contribution >= 4 is 11.7 Å². The van der Waals surface area contributed by atoms with E-state index in [-0.39, 0.29) is 6.42 Å². The van der Waals surface area contributed by atoms with Crippen LogP contribution in [0.5, 0.6) is 11.5 Å². The highest BCUT2D eigenvalue weighted by Gasteiger charge is 2.13. The molecule has 114 valence electrons. The summed E-state index contributed by atoms with van der Waals surface area (Å²) in [4.78, 5) is 10.8. The molecule has 0 saturated carbocycles. The predicted octanol–water partition coefficient (Wildman–Crippen LogP) is 4.15. The second-order valence-corrected chi connectivity index (χ2v) is 5.29. The maximum atomic E-state index is 10.8. The van der Waals surface area contributed by atoms with Crippen LogP contribution in [0, 0.1) is 11.3 Å². The topological polar surface area (TPSA) is 70.4 Å². The lowest BCUT2D eigenvalue weighted by Crippen LogP contribution is -2.15. The molecule has 2 aromatic rings. The molecule has 2 N–H and O–H groups in total. The zero-order valence-electron chi connectivity index (χ0n) is 12.5. The number of carbonyl (C=O) groups is 1. The predicted molar refractivity (Wildman–Crippen MR) is 85.8 cm³/mol. The first kappa shape index (κ1) is 15.8. The number of ether oxygens (including phenoxy) is 1. The van der Waals surface area contributed by atoms with E-state index in [0.29, 0.717) is 17.9 Å². The maximum absolute atomic E-state index is 10.8. The molecule has 0 spiro atoms. The average Bonchev–Trinajstić information content (AvgIpc) is 2.48. The number of para-hydroxylation sites is 1. The summed E-state index contributed by atoms with van der Waals surface area (Å²) < 4.78 is 5.76. The Hall–Kier alpha value is -2.62. The molecule has 0 aliphatic carbocycles. The van der Waals surface area contributed by atoms with Crippen molar-refractivity contribution in [2.75, 3.05) is 0 Å². The van der Waals surface area contributed by atoms with Crippen LogP contribution in [0.3, 0.4) is 0 Å². The lowest BCUT2D eigenvalue weighted by Gasteiger charge is -2.10. The summed E-state index contributed by atoms with van der Waals surface area (Å²) in [5.41, 5.74) is 1.35. The van der Waals surface area contributed by atoms with Crippen molar-refractivity contribution in [2.24, 2.45) is 5.92 Å². The van der Waals surface area contributed by atoms with E-state index in [2.05, 4.69) is 0 Å². The van der Waals surface area contributed by atoms with Gasteiger partial charge >= 0.3 is 5.97 Å². The Labute approximate surface area is 129 Å². The van der Waals surface area contributed by atoms with Crippen molar-refractivity contribution in [1.82, 2.24) is 0 Å². The molecule has 0 amide bonds. The lowest BCUT2D eigenvalue weighted by molar-refractivity contribution is -0.140. The number of carboxylic acid groups (broad SMARTS) is 1. The Bertz CT molecular complexity index is 652. The van der Waals surface area contributed by atoms with Crippen LogP contribution in [0.15, 0.2) is 54.6 Å². The van der Waals surface area contributed by atoms with Crippen molar-refractivity contribution in [1.29, 1.82) is 5.41 Å². The van der Waals surface area contributed by atoms with Crippen molar-refractivity contribution in [3.05, 3.63) is 60.2 Å². The fraction of sp³-hybridized carbons (Fsp3) is 0.222. The summed E-state index contributed by atoms with van der Waals surface area (Å²) in [5.74, 6) is 0.0687. The van der Waals surface area contributed by atoms with Gasteiger partial charge in [-0.3, -0.25) is 4.79 Å². The van der Waals surface area contributed by atoms with Gasteiger partial charge in [-0.25, -0.2) is 0 Å². The molecular weight excluding hydrogens is 278 g/mol. The van der Waals surface area contributed by atoms with E-state index in [0.717, 1.165) is 11.3 Å². The molecule has 0 aliphatic heterocycles. The minimum Gasteiger partial charge on any atom is -0.481 e. The van der Waals surface area contributed by atoms with Gasteiger partial charge in [0.25, 0.3) is 0 Å². The largest absolute Gasteiger partial charge is 0.481 e. The van der Waals surface area contributed by atoms with E-state index in [4.69, 9.17) is 15.3 Å². The van der Waals surface area contributed by atoms with E-state index >= 15 is 0 Å². The minimum absolute atomic E-state index is 0.263. The first-order valence-electron chi connectivity index (χ1n) is 7.15. The normalized spacial score (nSPS) is 11.7. The molecule has 0 radical (unpaired) electrons. The molecule has 0 heterocycles. The molecule has 0 bridgehead atoms. The second kappa shape index (κ2) is 7.41. The SMILES string of the molecule is CC(CC(=N)Cc1cccc(Oc2ccccc2)c1)C(=O)O. The Balaban J connectivity index is 1.99. The number of nitrogens with one attached hydrogen (secondary N) is 1. The molecule has 0 saturated heterocycles. The van der Waals surface area contributed by atoms with Crippen molar-refractivity contribution in [3.8, 4) is 11.5 Å². The number of hydrogen-bond donors (Lipinski definition) is 2. The van der Waals surface area contributed by atoms with Gasteiger partial charge in [0, 0.05) is 12.1 Å². The van der Waals surface area contributed by atoms with Crippen LogP contribution in [0.2, 0.25) is 0 Å². The summed E-state index contributed by atoms with van der Waals surface area (Å²) in [5, 5.41) is 16.8. The van der Waals surface area contributed by atoms with E-state index in [1.165, 1.54) is 0 Å². The zero-order valence-corrected chi connectivity index (χ0v) is 12.5. The second-order valence-electron chi connectivity index (χ2n) is 5.29. The first-order chi connectivity index (χ1) is 10.5. The molecule has 2 aromatic carbocycles. The Morgan fingerprint density at radius 3 is 2.50 bits per heavy atom. The molecule has 0 fully saturated rings. The van der Waals surface area contributed by atoms with Crippen molar-refractivity contribution in [2.45, 2.75) is 19.8 Å². The van der Waals surface area contributed by atoms with E-state index in [1.807, 2.05) is 54.6 Å². The summed E-state index contributed by atoms with van der Waals surface area (Å²) in [6.07, 6.45) is 0.697. The van der Waals surface area contributed by atoms with Gasteiger partial charge in [0.15, 0.2) is 0 Å². The zero-order chi connectivity index (χ0) is 15.9. The van der Waals surface area contributed by atoms with Gasteiger partial charge in [-0.05, 0) is 36.2 Å². The molecule has 0 aromatic heterocycles. The first-order valence-corrected chi connectivity index (χ1v) is 7.15. The van der Waals surface area contributed by atoms with Crippen LogP contribution in [-0.2, 0) is 11.2 Å². The number of rotatable bonds is 7. The molecule has 0 aliphatic rings. The molecule has 22 heavy (non-hydrogen) atoms. The minimum atomic E-state index is -0.870. The van der Waals surface area contributed by atoms with Gasteiger partial charge in [-0.2, -0.15) is 0 Å². The van der Waals surface area contributed by atoms with Gasteiger partial charge in [-0.1, -0.05) is 37.3 Å². The van der Waals surface area contributed by atoms with Gasteiger partial charge < -0.3 is 15.3 Å². The summed E-state index contributed by atoms with van der Waals surface area (Å²) in [7, 11) is 0. The smallest absolute Gasteiger partial charge is 0.306 e. The van der Waals surface area contributed by atoms with Gasteiger partial charge in [0.1, 0.15) is 11.5 Å². The van der Waals surface area contributed by atoms with Gasteiger partial charge in [-0.15, -0.1) is 0 Å². The third kappa shape index (κ3) is 4.74. The molecule has 1 atom stereocenters. The third-order valence-electron chi connectivity index (χ3n) is 3.27. The summed E-state index contributed by atoms with van der Waals surface area (Å²) >= 11 is 0. The van der Waals surface area contributed by atoms with Crippen LogP contribution in [0.4, 0.5) is 0 Å². The van der Waals surface area contributed by atoms with Gasteiger partial charge in [0.05, 0.1) is 5.92 Å². The molecule has 4 heteroatoms. The quantitative estimate of drug-likeness (QED) is 0.754. The summed E-state index contributed by atoms with van der Waals surface area (Å²) in [6, 6.07) is 17.0.